The van der Waals surface area contributed by atoms with Crippen LogP contribution in [-0.2, 0) is 5.41 Å². The molecule has 0 saturated heterocycles. The average Bonchev–Trinajstić information content (AvgIpc) is 2.99. The van der Waals surface area contributed by atoms with Crippen LogP contribution in [0.3, 0.4) is 0 Å². The van der Waals surface area contributed by atoms with Crippen LogP contribution in [0.25, 0.3) is 0 Å². The third-order valence-electron chi connectivity index (χ3n) is 5.09. The van der Waals surface area contributed by atoms with E-state index in [0.717, 1.165) is 6.42 Å². The third kappa shape index (κ3) is 2.43. The number of rotatable bonds is 6. The normalized spacial score (nSPS) is 18.4. The number of allylic oxidation sites excluding steroid dienone is 3. The number of anilines is 1. The summed E-state index contributed by atoms with van der Waals surface area (Å²) in [5.41, 5.74) is 6.13. The molecular formula is C20H27N. The number of nitrogens with one attached hydrogen (secondary N) is 1. The molecule has 1 nitrogen and oxygen atoms in total. The van der Waals surface area contributed by atoms with E-state index < -0.39 is 0 Å². The summed E-state index contributed by atoms with van der Waals surface area (Å²) >= 11 is 0. The first-order valence-electron chi connectivity index (χ1n) is 8.58. The van der Waals surface area contributed by atoms with Crippen LogP contribution in [0, 0.1) is 0 Å². The third-order valence-corrected chi connectivity index (χ3v) is 5.09. The van der Waals surface area contributed by atoms with Crippen molar-refractivity contribution in [3.63, 3.8) is 0 Å². The molecule has 0 aromatic heterocycles. The number of benzene rings is 1. The van der Waals surface area contributed by atoms with Gasteiger partial charge in [0, 0.05) is 23.2 Å². The predicted molar refractivity (Wildman–Crippen MR) is 91.6 cm³/mol. The molecule has 1 heteroatoms. The molecular weight excluding hydrogens is 254 g/mol. The van der Waals surface area contributed by atoms with Crippen molar-refractivity contribution in [3.05, 3.63) is 53.3 Å². The van der Waals surface area contributed by atoms with E-state index in [1.165, 1.54) is 55.5 Å². The molecule has 21 heavy (non-hydrogen) atoms. The average molecular weight is 281 g/mol. The maximum atomic E-state index is 3.68. The molecule has 2 aliphatic rings. The highest BCUT2D eigenvalue weighted by atomic mass is 14.9. The summed E-state index contributed by atoms with van der Waals surface area (Å²) < 4.78 is 0. The van der Waals surface area contributed by atoms with Crippen LogP contribution in [0.1, 0.15) is 64.4 Å². The molecule has 0 saturated carbocycles. The number of fused-ring (bicyclic) bond motifs is 1. The highest BCUT2D eigenvalue weighted by Gasteiger charge is 2.41. The van der Waals surface area contributed by atoms with Gasteiger partial charge in [-0.05, 0) is 30.0 Å². The zero-order valence-corrected chi connectivity index (χ0v) is 13.4. The van der Waals surface area contributed by atoms with Gasteiger partial charge in [0.2, 0.25) is 0 Å². The van der Waals surface area contributed by atoms with Gasteiger partial charge in [-0.1, -0.05) is 69.9 Å². The second-order valence-corrected chi connectivity index (χ2v) is 6.46. The van der Waals surface area contributed by atoms with Crippen LogP contribution in [0.2, 0.25) is 0 Å². The second kappa shape index (κ2) is 6.09. The molecule has 3 rings (SSSR count). The Kier molecular flexibility index (Phi) is 4.19. The van der Waals surface area contributed by atoms with Gasteiger partial charge in [-0.15, -0.1) is 0 Å². The molecule has 1 aliphatic heterocycles. The topological polar surface area (TPSA) is 12.0 Å². The molecule has 112 valence electrons. The summed E-state index contributed by atoms with van der Waals surface area (Å²) in [6.45, 7) is 4.61. The number of unbranched alkanes of at least 4 members (excludes halogenated alkanes) is 2. The van der Waals surface area contributed by atoms with E-state index >= 15 is 0 Å². The summed E-state index contributed by atoms with van der Waals surface area (Å²) in [7, 11) is 0. The maximum absolute atomic E-state index is 3.68. The van der Waals surface area contributed by atoms with Crippen molar-refractivity contribution < 1.29 is 0 Å². The van der Waals surface area contributed by atoms with Gasteiger partial charge in [0.15, 0.2) is 0 Å². The molecule has 0 amide bonds. The molecule has 0 atom stereocenters. The Morgan fingerprint density at radius 1 is 1.05 bits per heavy atom. The van der Waals surface area contributed by atoms with Gasteiger partial charge in [-0.2, -0.15) is 0 Å². The lowest BCUT2D eigenvalue weighted by Crippen LogP contribution is -2.33. The van der Waals surface area contributed by atoms with Gasteiger partial charge in [-0.3, -0.25) is 0 Å². The fourth-order valence-corrected chi connectivity index (χ4v) is 4.01. The zero-order valence-electron chi connectivity index (χ0n) is 13.4. The van der Waals surface area contributed by atoms with Crippen LogP contribution in [0.5, 0.6) is 0 Å². The molecule has 1 aromatic rings. The molecule has 1 heterocycles. The van der Waals surface area contributed by atoms with E-state index in [-0.39, 0.29) is 5.41 Å². The first-order chi connectivity index (χ1) is 10.3. The maximum Gasteiger partial charge on any atom is 0.0423 e. The van der Waals surface area contributed by atoms with Crippen LogP contribution in [0.4, 0.5) is 5.69 Å². The van der Waals surface area contributed by atoms with E-state index in [4.69, 9.17) is 0 Å². The smallest absolute Gasteiger partial charge is 0.0423 e. The lowest BCUT2D eigenvalue weighted by atomic mass is 9.65. The van der Waals surface area contributed by atoms with Crippen molar-refractivity contribution in [2.45, 2.75) is 64.2 Å². The quantitative estimate of drug-likeness (QED) is 0.680. The standard InChI is InChI=1S/C20H27N/c1-3-5-14-20(15-6-4-2)16-10-7-8-12-18(16)21-19-13-9-11-17(19)20/h7-12,21H,3-6,13-15H2,1-2H3. The molecule has 1 aromatic carbocycles. The zero-order chi connectivity index (χ0) is 14.7. The second-order valence-electron chi connectivity index (χ2n) is 6.46. The number of hydrogen-bond donors (Lipinski definition) is 1. The van der Waals surface area contributed by atoms with Crippen LogP contribution >= 0.6 is 0 Å². The van der Waals surface area contributed by atoms with Crippen LogP contribution < -0.4 is 5.32 Å². The molecule has 0 spiro atoms. The van der Waals surface area contributed by atoms with Crippen LogP contribution in [-0.4, -0.2) is 0 Å². The van der Waals surface area contributed by atoms with E-state index in [1.807, 2.05) is 0 Å². The number of hydrogen-bond acceptors (Lipinski definition) is 1. The number of para-hydroxylation sites is 1. The molecule has 0 radical (unpaired) electrons. The highest BCUT2D eigenvalue weighted by molar-refractivity contribution is 5.68. The van der Waals surface area contributed by atoms with E-state index in [1.54, 1.807) is 5.57 Å². The van der Waals surface area contributed by atoms with E-state index in [2.05, 4.69) is 55.6 Å². The first-order valence-corrected chi connectivity index (χ1v) is 8.58. The van der Waals surface area contributed by atoms with Gasteiger partial charge in [0.1, 0.15) is 0 Å². The Labute approximate surface area is 129 Å². The van der Waals surface area contributed by atoms with Crippen molar-refractivity contribution in [2.75, 3.05) is 5.32 Å². The van der Waals surface area contributed by atoms with Crippen molar-refractivity contribution in [1.82, 2.24) is 0 Å². The van der Waals surface area contributed by atoms with Gasteiger partial charge < -0.3 is 5.32 Å². The SMILES string of the molecule is CCCCC1(CCCC)C2=C(CC=C2)Nc2ccccc21. The Morgan fingerprint density at radius 2 is 1.76 bits per heavy atom. The Morgan fingerprint density at radius 3 is 2.48 bits per heavy atom. The van der Waals surface area contributed by atoms with Crippen molar-refractivity contribution >= 4 is 5.69 Å². The van der Waals surface area contributed by atoms with Gasteiger partial charge in [0.05, 0.1) is 0 Å². The van der Waals surface area contributed by atoms with Crippen molar-refractivity contribution in [1.29, 1.82) is 0 Å². The van der Waals surface area contributed by atoms with Gasteiger partial charge >= 0.3 is 0 Å². The minimum absolute atomic E-state index is 0.246. The molecule has 1 N–H and O–H groups in total. The molecule has 0 fully saturated rings. The van der Waals surface area contributed by atoms with E-state index in [0.29, 0.717) is 0 Å². The molecule has 0 unspecified atom stereocenters. The molecule has 1 aliphatic carbocycles. The minimum Gasteiger partial charge on any atom is -0.358 e. The predicted octanol–water partition coefficient (Wildman–Crippen LogP) is 5.94. The minimum atomic E-state index is 0.246. The Balaban J connectivity index is 2.09. The first kappa shape index (κ1) is 14.4. The largest absolute Gasteiger partial charge is 0.358 e. The van der Waals surface area contributed by atoms with Gasteiger partial charge in [-0.25, -0.2) is 0 Å². The Hall–Kier alpha value is -1.50. The summed E-state index contributed by atoms with van der Waals surface area (Å²) in [5.74, 6) is 0. The van der Waals surface area contributed by atoms with Gasteiger partial charge in [0.25, 0.3) is 0 Å². The summed E-state index contributed by atoms with van der Waals surface area (Å²) in [6.07, 6.45) is 13.5. The summed E-state index contributed by atoms with van der Waals surface area (Å²) in [5, 5.41) is 3.68. The highest BCUT2D eigenvalue weighted by Crippen LogP contribution is 2.51. The molecule has 0 bridgehead atoms. The lowest BCUT2D eigenvalue weighted by Gasteiger charge is -2.41. The summed E-state index contributed by atoms with van der Waals surface area (Å²) in [6, 6.07) is 8.97. The van der Waals surface area contributed by atoms with Crippen molar-refractivity contribution in [2.24, 2.45) is 0 Å². The van der Waals surface area contributed by atoms with Crippen molar-refractivity contribution in [3.8, 4) is 0 Å². The monoisotopic (exact) mass is 281 g/mol. The Bertz CT molecular complexity index is 557. The summed E-state index contributed by atoms with van der Waals surface area (Å²) in [4.78, 5) is 0. The van der Waals surface area contributed by atoms with E-state index in [9.17, 15) is 0 Å². The lowest BCUT2D eigenvalue weighted by molar-refractivity contribution is 0.401. The van der Waals surface area contributed by atoms with Crippen LogP contribution in [0.15, 0.2) is 47.7 Å². The fourth-order valence-electron chi connectivity index (χ4n) is 4.01. The fraction of sp³-hybridized carbons (Fsp3) is 0.500.